The van der Waals surface area contributed by atoms with Gasteiger partial charge in [0.2, 0.25) is 5.65 Å². The maximum absolute atomic E-state index is 13.7. The average Bonchev–Trinajstić information content (AvgIpc) is 3.11. The molecule has 0 aliphatic carbocycles. The number of rotatable bonds is 10. The minimum atomic E-state index is -1.35. The molecule has 0 amide bonds. The third kappa shape index (κ3) is 4.63. The van der Waals surface area contributed by atoms with Crippen molar-refractivity contribution in [3.05, 3.63) is 24.0 Å². The van der Waals surface area contributed by atoms with Gasteiger partial charge >= 0.3 is 0 Å². The number of Topliss-reactive ketones (excluding diaryl/α,β-unsaturated/α-hetero) is 1. The van der Waals surface area contributed by atoms with E-state index in [1.807, 2.05) is 29.5 Å². The number of nitrogens with one attached hydrogen (secondary N) is 1. The third-order valence-corrected chi connectivity index (χ3v) is 4.98. The van der Waals surface area contributed by atoms with Crippen LogP contribution in [0.15, 0.2) is 18.2 Å². The van der Waals surface area contributed by atoms with Crippen molar-refractivity contribution < 1.29 is 13.9 Å². The van der Waals surface area contributed by atoms with E-state index in [1.165, 1.54) is 0 Å². The van der Waals surface area contributed by atoms with Crippen molar-refractivity contribution in [3.8, 4) is 5.75 Å². The molecule has 156 valence electrons. The average molecular weight is 401 g/mol. The highest BCUT2D eigenvalue weighted by atomic mass is 19.1. The molecule has 0 aliphatic heterocycles. The van der Waals surface area contributed by atoms with Gasteiger partial charge < -0.3 is 10.1 Å². The van der Waals surface area contributed by atoms with Gasteiger partial charge in [-0.05, 0) is 37.8 Å². The van der Waals surface area contributed by atoms with Gasteiger partial charge in [-0.1, -0.05) is 20.3 Å². The van der Waals surface area contributed by atoms with E-state index in [9.17, 15) is 9.18 Å². The van der Waals surface area contributed by atoms with Crippen molar-refractivity contribution in [3.63, 3.8) is 0 Å². The Balaban J connectivity index is 1.63. The number of ketones is 1. The van der Waals surface area contributed by atoms with E-state index < -0.39 is 6.17 Å². The topological polar surface area (TPSA) is 81.4 Å². The monoisotopic (exact) mass is 401 g/mol. The first-order valence-corrected chi connectivity index (χ1v) is 10.0. The second-order valence-corrected chi connectivity index (χ2v) is 7.57. The summed E-state index contributed by atoms with van der Waals surface area (Å²) in [4.78, 5) is 16.4. The Morgan fingerprint density at radius 1 is 1.24 bits per heavy atom. The van der Waals surface area contributed by atoms with Crippen LogP contribution in [-0.2, 0) is 4.79 Å². The quantitative estimate of drug-likeness (QED) is 0.515. The van der Waals surface area contributed by atoms with E-state index in [1.54, 1.807) is 21.0 Å². The summed E-state index contributed by atoms with van der Waals surface area (Å²) in [5, 5.41) is 11.8. The molecule has 0 aliphatic rings. The van der Waals surface area contributed by atoms with Gasteiger partial charge in [0, 0.05) is 19.0 Å². The molecular weight excluding hydrogens is 373 g/mol. The fourth-order valence-corrected chi connectivity index (χ4v) is 3.32. The maximum atomic E-state index is 13.7. The Kier molecular flexibility index (Phi) is 6.61. The number of benzene rings is 1. The highest BCUT2D eigenvalue weighted by Crippen LogP contribution is 2.25. The molecule has 0 saturated carbocycles. The van der Waals surface area contributed by atoms with Crippen molar-refractivity contribution in [1.82, 2.24) is 19.6 Å². The number of aryl methyl sites for hydroxylation is 1. The van der Waals surface area contributed by atoms with E-state index >= 15 is 0 Å². The number of fused-ring (bicyclic) bond motifs is 3. The molecule has 0 unspecified atom stereocenters. The van der Waals surface area contributed by atoms with Crippen LogP contribution < -0.4 is 10.1 Å². The molecule has 1 atom stereocenters. The number of hydrogen-bond donors (Lipinski definition) is 1. The number of anilines is 1. The molecule has 0 spiro atoms. The van der Waals surface area contributed by atoms with E-state index in [0.717, 1.165) is 35.4 Å². The lowest BCUT2D eigenvalue weighted by Gasteiger charge is -2.11. The van der Waals surface area contributed by atoms with Crippen LogP contribution in [0.25, 0.3) is 16.7 Å². The number of aromatic nitrogens is 4. The molecule has 7 nitrogen and oxygen atoms in total. The number of carbonyl (C=O) groups excluding carboxylic acids is 1. The molecule has 2 heterocycles. The van der Waals surface area contributed by atoms with Gasteiger partial charge in [0.05, 0.1) is 18.1 Å². The standard InChI is InChI=1S/C21H28FN5O2/c1-13(2)19(22)18(28)8-6-5-7-11-23-20-21-26-25-14(3)27(21)17-10-9-15(29-4)12-16(17)24-20/h9-10,12-13,19H,5-8,11H2,1-4H3,(H,23,24)/t19-/m0/s1. The van der Waals surface area contributed by atoms with E-state index in [-0.39, 0.29) is 11.7 Å². The Labute approximate surface area is 169 Å². The number of unbranched alkanes of at least 4 members (excludes halogenated alkanes) is 2. The molecule has 1 aromatic carbocycles. The maximum Gasteiger partial charge on any atom is 0.204 e. The van der Waals surface area contributed by atoms with Crippen LogP contribution in [0.4, 0.5) is 10.2 Å². The largest absolute Gasteiger partial charge is 0.497 e. The molecule has 3 aromatic rings. The third-order valence-electron chi connectivity index (χ3n) is 4.98. The first kappa shape index (κ1) is 21.0. The summed E-state index contributed by atoms with van der Waals surface area (Å²) in [5.41, 5.74) is 2.38. The van der Waals surface area contributed by atoms with Crippen molar-refractivity contribution in [2.45, 2.75) is 52.6 Å². The van der Waals surface area contributed by atoms with Crippen molar-refractivity contribution >= 4 is 28.3 Å². The summed E-state index contributed by atoms with van der Waals surface area (Å²) < 4.78 is 20.9. The fourth-order valence-electron chi connectivity index (χ4n) is 3.32. The molecule has 1 N–H and O–H groups in total. The van der Waals surface area contributed by atoms with Gasteiger partial charge in [-0.15, -0.1) is 10.2 Å². The normalized spacial score (nSPS) is 12.6. The van der Waals surface area contributed by atoms with Crippen molar-refractivity contribution in [2.24, 2.45) is 5.92 Å². The van der Waals surface area contributed by atoms with Gasteiger partial charge in [0.25, 0.3) is 0 Å². The van der Waals surface area contributed by atoms with Crippen LogP contribution in [0.1, 0.15) is 45.4 Å². The Hall–Kier alpha value is -2.77. The zero-order valence-electron chi connectivity index (χ0n) is 17.4. The number of ether oxygens (including phenoxy) is 1. The fraction of sp³-hybridized carbons (Fsp3) is 0.524. The molecule has 8 heteroatoms. The van der Waals surface area contributed by atoms with Crippen LogP contribution in [0.3, 0.4) is 0 Å². The van der Waals surface area contributed by atoms with Crippen molar-refractivity contribution in [2.75, 3.05) is 19.0 Å². The van der Waals surface area contributed by atoms with E-state index in [2.05, 4.69) is 15.5 Å². The second kappa shape index (κ2) is 9.15. The Bertz CT molecular complexity index is 1000. The van der Waals surface area contributed by atoms with Gasteiger partial charge in [0.1, 0.15) is 11.6 Å². The molecule has 3 rings (SSSR count). The predicted octanol–water partition coefficient (Wildman–Crippen LogP) is 4.13. The van der Waals surface area contributed by atoms with Crippen LogP contribution in [0.2, 0.25) is 0 Å². The summed E-state index contributed by atoms with van der Waals surface area (Å²) >= 11 is 0. The highest BCUT2D eigenvalue weighted by molar-refractivity contribution is 5.84. The van der Waals surface area contributed by atoms with E-state index in [4.69, 9.17) is 9.72 Å². The molecule has 0 radical (unpaired) electrons. The Morgan fingerprint density at radius 2 is 2.03 bits per heavy atom. The second-order valence-electron chi connectivity index (χ2n) is 7.57. The number of methoxy groups -OCH3 is 1. The number of halogens is 1. The van der Waals surface area contributed by atoms with Crippen LogP contribution in [0, 0.1) is 12.8 Å². The summed E-state index contributed by atoms with van der Waals surface area (Å²) in [6.45, 7) is 6.04. The lowest BCUT2D eigenvalue weighted by Crippen LogP contribution is -2.21. The number of hydrogen-bond acceptors (Lipinski definition) is 6. The molecule has 29 heavy (non-hydrogen) atoms. The molecule has 0 fully saturated rings. The van der Waals surface area contributed by atoms with Crippen LogP contribution >= 0.6 is 0 Å². The summed E-state index contributed by atoms with van der Waals surface area (Å²) in [5.74, 6) is 1.63. The van der Waals surface area contributed by atoms with Crippen LogP contribution in [-0.4, -0.2) is 45.2 Å². The van der Waals surface area contributed by atoms with Crippen LogP contribution in [0.5, 0.6) is 5.75 Å². The first-order valence-electron chi connectivity index (χ1n) is 10.0. The highest BCUT2D eigenvalue weighted by Gasteiger charge is 2.20. The first-order chi connectivity index (χ1) is 13.9. The summed E-state index contributed by atoms with van der Waals surface area (Å²) in [6, 6.07) is 5.71. The minimum absolute atomic E-state index is 0.254. The number of carbonyl (C=O) groups is 1. The van der Waals surface area contributed by atoms with Gasteiger partial charge in [0.15, 0.2) is 17.8 Å². The minimum Gasteiger partial charge on any atom is -0.497 e. The van der Waals surface area contributed by atoms with Gasteiger partial charge in [-0.25, -0.2) is 9.37 Å². The number of alkyl halides is 1. The summed E-state index contributed by atoms with van der Waals surface area (Å²) in [7, 11) is 1.62. The SMILES string of the molecule is COc1ccc2c(c1)nc(NCCCCCC(=O)[C@@H](F)C(C)C)c1nnc(C)n12. The molecule has 0 saturated heterocycles. The van der Waals surface area contributed by atoms with E-state index in [0.29, 0.717) is 30.9 Å². The van der Waals surface area contributed by atoms with Gasteiger partial charge in [-0.2, -0.15) is 0 Å². The van der Waals surface area contributed by atoms with Gasteiger partial charge in [-0.3, -0.25) is 9.20 Å². The lowest BCUT2D eigenvalue weighted by molar-refractivity contribution is -0.125. The number of nitrogens with zero attached hydrogens (tertiary/aromatic N) is 4. The predicted molar refractivity (Wildman–Crippen MR) is 111 cm³/mol. The molecule has 2 aromatic heterocycles. The molecule has 0 bridgehead atoms. The van der Waals surface area contributed by atoms with Crippen molar-refractivity contribution in [1.29, 1.82) is 0 Å². The lowest BCUT2D eigenvalue weighted by atomic mass is 10.0. The zero-order valence-corrected chi connectivity index (χ0v) is 17.4. The Morgan fingerprint density at radius 3 is 2.76 bits per heavy atom. The zero-order chi connectivity index (χ0) is 21.0. The smallest absolute Gasteiger partial charge is 0.204 e. The molecular formula is C21H28FN5O2. The summed E-state index contributed by atoms with van der Waals surface area (Å²) in [6.07, 6.45) is 1.32.